The molecule has 0 fully saturated rings. The number of rotatable bonds is 8. The largest absolute Gasteiger partial charge is 0.488 e. The molecule has 1 heterocycles. The highest BCUT2D eigenvalue weighted by atomic mass is 32.1. The van der Waals surface area contributed by atoms with Crippen molar-refractivity contribution in [1.29, 1.82) is 0 Å². The molecule has 0 spiro atoms. The number of aromatic nitrogens is 1. The van der Waals surface area contributed by atoms with E-state index in [1.807, 2.05) is 66.0 Å². The van der Waals surface area contributed by atoms with Gasteiger partial charge in [-0.05, 0) is 24.3 Å². The summed E-state index contributed by atoms with van der Waals surface area (Å²) < 4.78 is 5.76. The summed E-state index contributed by atoms with van der Waals surface area (Å²) in [6.45, 7) is 3.87. The number of likely N-dealkylation sites (N-methyl/N-ethyl adjacent to an activating group) is 1. The molecule has 1 atom stereocenters. The van der Waals surface area contributed by atoms with Crippen molar-refractivity contribution in [1.82, 2.24) is 4.98 Å². The fourth-order valence-electron chi connectivity index (χ4n) is 2.74. The smallest absolute Gasteiger partial charge is 0.230 e. The van der Waals surface area contributed by atoms with Crippen molar-refractivity contribution in [3.63, 3.8) is 0 Å². The van der Waals surface area contributed by atoms with Crippen LogP contribution in [0.2, 0.25) is 0 Å². The van der Waals surface area contributed by atoms with Crippen LogP contribution in [0.5, 0.6) is 5.75 Å². The molecule has 6 heteroatoms. The fourth-order valence-corrected chi connectivity index (χ4v) is 3.63. The standard InChI is InChI=1S/C21H23N3O2S/c1-17(25)24(19-9-5-3-6-10-19)21-22-18(16-27-21)15-23(2)13-14-26-20-11-7-4-8-12-20/h3-12,16H,13-15H2,1-2H3/p+1. The van der Waals surface area contributed by atoms with Crippen LogP contribution >= 0.6 is 11.3 Å². The Kier molecular flexibility index (Phi) is 6.57. The van der Waals surface area contributed by atoms with Crippen molar-refractivity contribution in [3.8, 4) is 5.75 Å². The number of quaternary nitrogens is 1. The van der Waals surface area contributed by atoms with Crippen LogP contribution < -0.4 is 14.5 Å². The van der Waals surface area contributed by atoms with Crippen LogP contribution in [0.1, 0.15) is 12.6 Å². The fraction of sp³-hybridized carbons (Fsp3) is 0.238. The van der Waals surface area contributed by atoms with Gasteiger partial charge in [0.2, 0.25) is 5.91 Å². The van der Waals surface area contributed by atoms with E-state index in [9.17, 15) is 4.79 Å². The molecule has 3 rings (SSSR count). The summed E-state index contributed by atoms with van der Waals surface area (Å²) >= 11 is 1.49. The molecule has 2 aromatic carbocycles. The van der Waals surface area contributed by atoms with E-state index >= 15 is 0 Å². The number of benzene rings is 2. The second-order valence-electron chi connectivity index (χ2n) is 6.36. The van der Waals surface area contributed by atoms with Gasteiger partial charge in [0, 0.05) is 12.3 Å². The van der Waals surface area contributed by atoms with Crippen molar-refractivity contribution in [2.24, 2.45) is 0 Å². The quantitative estimate of drug-likeness (QED) is 0.652. The van der Waals surface area contributed by atoms with E-state index in [1.165, 1.54) is 16.2 Å². The Bertz CT molecular complexity index is 852. The lowest BCUT2D eigenvalue weighted by Crippen LogP contribution is -3.08. The van der Waals surface area contributed by atoms with Crippen molar-refractivity contribution in [3.05, 3.63) is 71.7 Å². The van der Waals surface area contributed by atoms with E-state index < -0.39 is 0 Å². The minimum absolute atomic E-state index is 0.0425. The Labute approximate surface area is 163 Å². The number of carbonyl (C=O) groups excluding carboxylic acids is 1. The van der Waals surface area contributed by atoms with E-state index in [4.69, 9.17) is 4.74 Å². The number of anilines is 2. The number of nitrogens with one attached hydrogen (secondary N) is 1. The minimum Gasteiger partial charge on any atom is -0.488 e. The number of carbonyl (C=O) groups is 1. The Hall–Kier alpha value is -2.70. The van der Waals surface area contributed by atoms with Crippen LogP contribution in [0.4, 0.5) is 10.8 Å². The normalized spacial score (nSPS) is 11.8. The van der Waals surface area contributed by atoms with Gasteiger partial charge in [-0.3, -0.25) is 9.69 Å². The topological polar surface area (TPSA) is 46.9 Å². The maximum atomic E-state index is 12.1. The van der Waals surface area contributed by atoms with Crippen molar-refractivity contribution in [2.45, 2.75) is 13.5 Å². The zero-order valence-corrected chi connectivity index (χ0v) is 16.4. The van der Waals surface area contributed by atoms with E-state index in [0.717, 1.165) is 30.2 Å². The molecule has 1 amide bonds. The number of nitrogens with zero attached hydrogens (tertiary/aromatic N) is 2. The minimum atomic E-state index is -0.0425. The second kappa shape index (κ2) is 9.30. The highest BCUT2D eigenvalue weighted by Crippen LogP contribution is 2.28. The molecule has 0 aliphatic heterocycles. The molecule has 1 N–H and O–H groups in total. The van der Waals surface area contributed by atoms with Crippen LogP contribution in [0, 0.1) is 0 Å². The molecule has 0 aliphatic rings. The zero-order chi connectivity index (χ0) is 19.1. The molecule has 0 aliphatic carbocycles. The molecule has 1 unspecified atom stereocenters. The second-order valence-corrected chi connectivity index (χ2v) is 7.19. The molecule has 5 nitrogen and oxygen atoms in total. The van der Waals surface area contributed by atoms with Crippen LogP contribution in [0.3, 0.4) is 0 Å². The number of hydrogen-bond acceptors (Lipinski definition) is 4. The molecular formula is C21H24N3O2S+. The first kappa shape index (κ1) is 19.1. The van der Waals surface area contributed by atoms with Gasteiger partial charge >= 0.3 is 0 Å². The highest BCUT2D eigenvalue weighted by Gasteiger charge is 2.18. The molecule has 0 radical (unpaired) electrons. The summed E-state index contributed by atoms with van der Waals surface area (Å²) in [6, 6.07) is 19.4. The summed E-state index contributed by atoms with van der Waals surface area (Å²) in [6.07, 6.45) is 0. The van der Waals surface area contributed by atoms with E-state index in [2.05, 4.69) is 12.0 Å². The molecule has 27 heavy (non-hydrogen) atoms. The van der Waals surface area contributed by atoms with Gasteiger partial charge in [-0.25, -0.2) is 4.98 Å². The van der Waals surface area contributed by atoms with E-state index in [0.29, 0.717) is 11.7 Å². The Morgan fingerprint density at radius 2 is 1.78 bits per heavy atom. The van der Waals surface area contributed by atoms with Gasteiger partial charge in [0.15, 0.2) is 5.13 Å². The van der Waals surface area contributed by atoms with Gasteiger partial charge in [-0.2, -0.15) is 0 Å². The molecule has 0 bridgehead atoms. The maximum Gasteiger partial charge on any atom is 0.230 e. The van der Waals surface area contributed by atoms with Gasteiger partial charge < -0.3 is 9.64 Å². The third-order valence-electron chi connectivity index (χ3n) is 4.08. The van der Waals surface area contributed by atoms with Crippen LogP contribution in [-0.2, 0) is 11.3 Å². The average molecular weight is 383 g/mol. The predicted octanol–water partition coefficient (Wildman–Crippen LogP) is 2.92. The van der Waals surface area contributed by atoms with Gasteiger partial charge in [-0.1, -0.05) is 36.4 Å². The Morgan fingerprint density at radius 1 is 1.11 bits per heavy atom. The number of para-hydroxylation sites is 2. The van der Waals surface area contributed by atoms with Gasteiger partial charge in [-0.15, -0.1) is 11.3 Å². The van der Waals surface area contributed by atoms with Crippen LogP contribution in [0.25, 0.3) is 0 Å². The number of hydrogen-bond donors (Lipinski definition) is 1. The summed E-state index contributed by atoms with van der Waals surface area (Å²) in [5, 5.41) is 2.73. The van der Waals surface area contributed by atoms with Crippen molar-refractivity contribution >= 4 is 28.1 Å². The van der Waals surface area contributed by atoms with Gasteiger partial charge in [0.05, 0.1) is 12.7 Å². The summed E-state index contributed by atoms with van der Waals surface area (Å²) in [4.78, 5) is 19.8. The highest BCUT2D eigenvalue weighted by molar-refractivity contribution is 7.14. The molecule has 140 valence electrons. The van der Waals surface area contributed by atoms with E-state index in [-0.39, 0.29) is 5.91 Å². The van der Waals surface area contributed by atoms with Crippen molar-refractivity contribution < 1.29 is 14.4 Å². The molecule has 0 saturated carbocycles. The third kappa shape index (κ3) is 5.39. The lowest BCUT2D eigenvalue weighted by Gasteiger charge is -2.17. The molecular weight excluding hydrogens is 358 g/mol. The van der Waals surface area contributed by atoms with E-state index in [1.54, 1.807) is 11.8 Å². The monoisotopic (exact) mass is 382 g/mol. The molecule has 1 aromatic heterocycles. The summed E-state index contributed by atoms with van der Waals surface area (Å²) in [5.41, 5.74) is 1.82. The number of ether oxygens (including phenoxy) is 1. The first-order chi connectivity index (χ1) is 13.1. The Balaban J connectivity index is 1.57. The summed E-state index contributed by atoms with van der Waals surface area (Å²) in [5.74, 6) is 0.847. The lowest BCUT2D eigenvalue weighted by atomic mass is 10.3. The first-order valence-electron chi connectivity index (χ1n) is 8.93. The lowest BCUT2D eigenvalue weighted by molar-refractivity contribution is -0.894. The van der Waals surface area contributed by atoms with Crippen LogP contribution in [0.15, 0.2) is 66.0 Å². The maximum absolute atomic E-state index is 12.1. The van der Waals surface area contributed by atoms with Crippen molar-refractivity contribution in [2.75, 3.05) is 25.1 Å². The van der Waals surface area contributed by atoms with Gasteiger partial charge in [0.1, 0.15) is 31.1 Å². The number of thiazole rings is 1. The zero-order valence-electron chi connectivity index (χ0n) is 15.6. The van der Waals surface area contributed by atoms with Gasteiger partial charge in [0.25, 0.3) is 0 Å². The Morgan fingerprint density at radius 3 is 2.44 bits per heavy atom. The predicted molar refractivity (Wildman–Crippen MR) is 109 cm³/mol. The molecule has 0 saturated heterocycles. The number of amides is 1. The summed E-state index contributed by atoms with van der Waals surface area (Å²) in [7, 11) is 2.12. The third-order valence-corrected chi connectivity index (χ3v) is 4.96. The SMILES string of the molecule is CC(=O)N(c1ccccc1)c1nc(C[NH+](C)CCOc2ccccc2)cs1. The average Bonchev–Trinajstić information content (AvgIpc) is 3.11. The van der Waals surface area contributed by atoms with Crippen LogP contribution in [-0.4, -0.2) is 31.1 Å². The molecule has 3 aromatic rings. The first-order valence-corrected chi connectivity index (χ1v) is 9.81.